The predicted octanol–water partition coefficient (Wildman–Crippen LogP) is 3.79. The first kappa shape index (κ1) is 14.0. The molecule has 0 spiro atoms. The minimum Gasteiger partial charge on any atom is -0.481 e. The van der Waals surface area contributed by atoms with Crippen molar-refractivity contribution in [1.82, 2.24) is 0 Å². The van der Waals surface area contributed by atoms with Gasteiger partial charge in [-0.2, -0.15) is 0 Å². The Hall–Kier alpha value is -1.45. The Morgan fingerprint density at radius 2 is 2.00 bits per heavy atom. The lowest BCUT2D eigenvalue weighted by Crippen LogP contribution is -2.30. The van der Waals surface area contributed by atoms with E-state index in [0.29, 0.717) is 24.3 Å². The van der Waals surface area contributed by atoms with Crippen molar-refractivity contribution in [3.05, 3.63) is 35.4 Å². The molecule has 0 aromatic heterocycles. The van der Waals surface area contributed by atoms with Gasteiger partial charge in [0.25, 0.3) is 0 Å². The number of benzene rings is 1. The van der Waals surface area contributed by atoms with E-state index in [9.17, 15) is 18.7 Å². The van der Waals surface area contributed by atoms with Crippen LogP contribution in [0.3, 0.4) is 0 Å². The number of hydrogen-bond donors (Lipinski definition) is 1. The Labute approximate surface area is 111 Å². The van der Waals surface area contributed by atoms with Crippen LogP contribution in [0.2, 0.25) is 0 Å². The van der Waals surface area contributed by atoms with Crippen molar-refractivity contribution in [2.75, 3.05) is 0 Å². The minimum atomic E-state index is -0.860. The van der Waals surface area contributed by atoms with E-state index in [0.717, 1.165) is 18.9 Å². The van der Waals surface area contributed by atoms with Gasteiger partial charge in [0, 0.05) is 6.07 Å². The third-order valence-electron chi connectivity index (χ3n) is 4.21. The number of carbonyl (C=O) groups is 1. The number of hydrogen-bond acceptors (Lipinski definition) is 1. The van der Waals surface area contributed by atoms with E-state index in [4.69, 9.17) is 0 Å². The fourth-order valence-corrected chi connectivity index (χ4v) is 3.12. The SMILES string of the molecule is CCC1CCC(Cc2cc(F)cc(F)c2)(C(=O)O)C1. The first-order valence-corrected chi connectivity index (χ1v) is 6.63. The molecule has 1 aliphatic carbocycles. The molecule has 0 saturated heterocycles. The van der Waals surface area contributed by atoms with Crippen molar-refractivity contribution in [2.24, 2.45) is 11.3 Å². The van der Waals surface area contributed by atoms with Gasteiger partial charge in [0.1, 0.15) is 11.6 Å². The molecule has 2 rings (SSSR count). The highest BCUT2D eigenvalue weighted by molar-refractivity contribution is 5.75. The van der Waals surface area contributed by atoms with E-state index in [2.05, 4.69) is 0 Å². The highest BCUT2D eigenvalue weighted by atomic mass is 19.1. The molecule has 1 saturated carbocycles. The average molecular weight is 268 g/mol. The normalized spacial score (nSPS) is 26.6. The van der Waals surface area contributed by atoms with Gasteiger partial charge in [-0.25, -0.2) is 8.78 Å². The number of aliphatic carboxylic acids is 1. The third-order valence-corrected chi connectivity index (χ3v) is 4.21. The Kier molecular flexibility index (Phi) is 3.88. The lowest BCUT2D eigenvalue weighted by atomic mass is 9.79. The molecule has 0 bridgehead atoms. The maximum Gasteiger partial charge on any atom is 0.309 e. The zero-order chi connectivity index (χ0) is 14.0. The first-order chi connectivity index (χ1) is 8.95. The number of halogens is 2. The second kappa shape index (κ2) is 5.27. The molecule has 0 amide bonds. The maximum atomic E-state index is 13.2. The van der Waals surface area contributed by atoms with Gasteiger partial charge < -0.3 is 5.11 Å². The molecule has 104 valence electrons. The van der Waals surface area contributed by atoms with Crippen molar-refractivity contribution < 1.29 is 18.7 Å². The van der Waals surface area contributed by atoms with Crippen molar-refractivity contribution in [2.45, 2.75) is 39.0 Å². The van der Waals surface area contributed by atoms with E-state index < -0.39 is 23.0 Å². The summed E-state index contributed by atoms with van der Waals surface area (Å²) in [6.45, 7) is 2.05. The Balaban J connectivity index is 2.24. The second-order valence-corrected chi connectivity index (χ2v) is 5.56. The summed E-state index contributed by atoms with van der Waals surface area (Å²) in [5.41, 5.74) is -0.433. The standard InChI is InChI=1S/C15H18F2O2/c1-2-10-3-4-15(8-10,14(18)19)9-11-5-12(16)7-13(17)6-11/h5-7,10H,2-4,8-9H2,1H3,(H,18,19). The molecule has 0 aliphatic heterocycles. The smallest absolute Gasteiger partial charge is 0.309 e. The van der Waals surface area contributed by atoms with Crippen LogP contribution >= 0.6 is 0 Å². The number of carboxylic acid groups (broad SMARTS) is 1. The van der Waals surface area contributed by atoms with E-state index in [1.165, 1.54) is 12.1 Å². The summed E-state index contributed by atoms with van der Waals surface area (Å²) in [6.07, 6.45) is 3.20. The zero-order valence-corrected chi connectivity index (χ0v) is 11.0. The molecule has 2 unspecified atom stereocenters. The summed E-state index contributed by atoms with van der Waals surface area (Å²) in [5.74, 6) is -1.76. The van der Waals surface area contributed by atoms with Crippen LogP contribution < -0.4 is 0 Å². The quantitative estimate of drug-likeness (QED) is 0.902. The molecular formula is C15H18F2O2. The van der Waals surface area contributed by atoms with Crippen LogP contribution in [-0.2, 0) is 11.2 Å². The van der Waals surface area contributed by atoms with E-state index >= 15 is 0 Å². The number of carboxylic acids is 1. The van der Waals surface area contributed by atoms with E-state index in [1.54, 1.807) is 0 Å². The van der Waals surface area contributed by atoms with Crippen LogP contribution in [0.5, 0.6) is 0 Å². The Morgan fingerprint density at radius 3 is 2.47 bits per heavy atom. The summed E-state index contributed by atoms with van der Waals surface area (Å²) in [5, 5.41) is 9.49. The molecule has 2 atom stereocenters. The van der Waals surface area contributed by atoms with Gasteiger partial charge in [0.15, 0.2) is 0 Å². The molecule has 0 radical (unpaired) electrons. The van der Waals surface area contributed by atoms with E-state index in [-0.39, 0.29) is 6.42 Å². The monoisotopic (exact) mass is 268 g/mol. The van der Waals surface area contributed by atoms with Gasteiger partial charge >= 0.3 is 5.97 Å². The fourth-order valence-electron chi connectivity index (χ4n) is 3.12. The Morgan fingerprint density at radius 1 is 1.37 bits per heavy atom. The molecule has 0 heterocycles. The molecule has 1 aromatic rings. The summed E-state index contributed by atoms with van der Waals surface area (Å²) < 4.78 is 26.4. The molecule has 2 nitrogen and oxygen atoms in total. The second-order valence-electron chi connectivity index (χ2n) is 5.56. The lowest BCUT2D eigenvalue weighted by Gasteiger charge is -2.24. The maximum absolute atomic E-state index is 13.2. The summed E-state index contributed by atoms with van der Waals surface area (Å²) in [4.78, 5) is 11.6. The third kappa shape index (κ3) is 2.94. The molecular weight excluding hydrogens is 250 g/mol. The van der Waals surface area contributed by atoms with E-state index in [1.807, 2.05) is 6.92 Å². The van der Waals surface area contributed by atoms with Gasteiger partial charge in [-0.05, 0) is 49.3 Å². The average Bonchev–Trinajstić information content (AvgIpc) is 2.72. The topological polar surface area (TPSA) is 37.3 Å². The van der Waals surface area contributed by atoms with Crippen molar-refractivity contribution in [3.63, 3.8) is 0 Å². The molecule has 19 heavy (non-hydrogen) atoms. The van der Waals surface area contributed by atoms with Crippen LogP contribution in [0.25, 0.3) is 0 Å². The minimum absolute atomic E-state index is 0.202. The highest BCUT2D eigenvalue weighted by Gasteiger charge is 2.44. The molecule has 1 N–H and O–H groups in total. The molecule has 4 heteroatoms. The Bertz CT molecular complexity index is 467. The van der Waals surface area contributed by atoms with Crippen molar-refractivity contribution in [1.29, 1.82) is 0 Å². The van der Waals surface area contributed by atoms with Crippen LogP contribution in [0.4, 0.5) is 8.78 Å². The van der Waals surface area contributed by atoms with Crippen LogP contribution in [0, 0.1) is 23.0 Å². The number of rotatable bonds is 4. The fraction of sp³-hybridized carbons (Fsp3) is 0.533. The van der Waals surface area contributed by atoms with Crippen LogP contribution in [0.15, 0.2) is 18.2 Å². The lowest BCUT2D eigenvalue weighted by molar-refractivity contribution is -0.148. The van der Waals surface area contributed by atoms with Gasteiger partial charge in [0.05, 0.1) is 5.41 Å². The van der Waals surface area contributed by atoms with Gasteiger partial charge in [-0.1, -0.05) is 13.3 Å². The molecule has 1 aromatic carbocycles. The largest absolute Gasteiger partial charge is 0.481 e. The van der Waals surface area contributed by atoms with Gasteiger partial charge in [-0.3, -0.25) is 4.79 Å². The van der Waals surface area contributed by atoms with Gasteiger partial charge in [-0.15, -0.1) is 0 Å². The van der Waals surface area contributed by atoms with Crippen molar-refractivity contribution >= 4 is 5.97 Å². The first-order valence-electron chi connectivity index (χ1n) is 6.63. The van der Waals surface area contributed by atoms with Crippen LogP contribution in [-0.4, -0.2) is 11.1 Å². The summed E-state index contributed by atoms with van der Waals surface area (Å²) in [7, 11) is 0. The summed E-state index contributed by atoms with van der Waals surface area (Å²) in [6, 6.07) is 3.26. The zero-order valence-electron chi connectivity index (χ0n) is 11.0. The molecule has 1 aliphatic rings. The van der Waals surface area contributed by atoms with Crippen molar-refractivity contribution in [3.8, 4) is 0 Å². The highest BCUT2D eigenvalue weighted by Crippen LogP contribution is 2.45. The van der Waals surface area contributed by atoms with Gasteiger partial charge in [0.2, 0.25) is 0 Å². The summed E-state index contributed by atoms with van der Waals surface area (Å²) >= 11 is 0. The molecule has 1 fully saturated rings. The predicted molar refractivity (Wildman–Crippen MR) is 67.8 cm³/mol. The van der Waals surface area contributed by atoms with Crippen LogP contribution in [0.1, 0.15) is 38.2 Å².